The molecule has 0 aromatic heterocycles. The Bertz CT molecular complexity index is 1080. The molecule has 1 atom stereocenters. The van der Waals surface area contributed by atoms with Gasteiger partial charge in [-0.1, -0.05) is 30.3 Å². The lowest BCUT2D eigenvalue weighted by Gasteiger charge is -2.51. The van der Waals surface area contributed by atoms with Crippen molar-refractivity contribution in [3.8, 4) is 5.75 Å². The van der Waals surface area contributed by atoms with E-state index in [9.17, 15) is 14.4 Å². The van der Waals surface area contributed by atoms with Crippen LogP contribution < -0.4 is 27.0 Å². The maximum Gasteiger partial charge on any atom is 0.412 e. The number of halogens is 1. The molecule has 9 heteroatoms. The summed E-state index contributed by atoms with van der Waals surface area (Å²) in [5, 5.41) is 2.64. The zero-order chi connectivity index (χ0) is 27.1. The molecule has 2 aromatic rings. The molecule has 2 bridgehead atoms. The van der Waals surface area contributed by atoms with Crippen molar-refractivity contribution >= 4 is 23.5 Å². The van der Waals surface area contributed by atoms with Crippen LogP contribution in [0.5, 0.6) is 5.75 Å². The molecule has 2 aromatic carbocycles. The van der Waals surface area contributed by atoms with E-state index in [2.05, 4.69) is 5.32 Å². The summed E-state index contributed by atoms with van der Waals surface area (Å²) in [6, 6.07) is 16.6. The number of piperidine rings is 3. The van der Waals surface area contributed by atoms with E-state index in [0.29, 0.717) is 23.8 Å². The summed E-state index contributed by atoms with van der Waals surface area (Å²) in [6.07, 6.45) is 1.58. The third-order valence-corrected chi connectivity index (χ3v) is 6.66. The van der Waals surface area contributed by atoms with Crippen molar-refractivity contribution < 1.29 is 50.1 Å². The number of anilines is 1. The van der Waals surface area contributed by atoms with Crippen molar-refractivity contribution in [2.75, 3.05) is 38.6 Å². The van der Waals surface area contributed by atoms with Gasteiger partial charge in [0.15, 0.2) is 6.10 Å². The van der Waals surface area contributed by atoms with E-state index in [1.54, 1.807) is 7.11 Å². The van der Waals surface area contributed by atoms with Crippen LogP contribution in [-0.2, 0) is 14.3 Å². The monoisotopic (exact) mass is 590 g/mol. The number of ether oxygens (including phenoxy) is 3. The Kier molecular flexibility index (Phi) is 11.3. The normalized spacial score (nSPS) is 21.6. The summed E-state index contributed by atoms with van der Waals surface area (Å²) in [7, 11) is 1.59. The Labute approximate surface area is 236 Å². The molecule has 0 spiro atoms. The zero-order valence-corrected chi connectivity index (χ0v) is 24.5. The maximum absolute atomic E-state index is 12.8. The molecule has 0 saturated carbocycles. The third kappa shape index (κ3) is 9.13. The molecule has 3 fully saturated rings. The molecule has 0 radical (unpaired) electrons. The van der Waals surface area contributed by atoms with E-state index in [-0.39, 0.29) is 34.8 Å². The molecule has 8 nitrogen and oxygen atoms in total. The number of fused-ring (bicyclic) bond motifs is 3. The maximum atomic E-state index is 12.8. The first kappa shape index (κ1) is 31.3. The van der Waals surface area contributed by atoms with Crippen LogP contribution in [0.25, 0.3) is 0 Å². The van der Waals surface area contributed by atoms with Crippen LogP contribution in [-0.4, -0.2) is 67.3 Å². The number of Topliss-reactive ketones (excluding diaryl/α,β-unsaturated/α-hetero) is 1. The summed E-state index contributed by atoms with van der Waals surface area (Å²) in [5.74, 6) is 0.960. The standard InChI is InChI=1S/C18H24NO4.C11H15NO2.BrH/c1-13(20)23-18-12-19(9-7-14(18)8-10-19)11-16(21)15-5-3-4-6-17(15)22-2;1-11(2,3)14-10(13)12-9-7-5-4-6-8-9;/h3-6,14,18H,7-12H2,1-2H3;4-8H,1-3H3,(H,12,13);1H/q+1;;/p-1/t14?,18-,19?;;/m0../s1. The van der Waals surface area contributed by atoms with Gasteiger partial charge in [-0.3, -0.25) is 14.9 Å². The van der Waals surface area contributed by atoms with Crippen LogP contribution in [0.1, 0.15) is 50.9 Å². The molecule has 1 N–H and O–H groups in total. The lowest BCUT2D eigenvalue weighted by Crippen LogP contribution is -3.00. The number of quaternary nitrogens is 1. The first-order valence-corrected chi connectivity index (χ1v) is 12.7. The minimum atomic E-state index is -0.459. The smallest absolute Gasteiger partial charge is 0.412 e. The van der Waals surface area contributed by atoms with Gasteiger partial charge in [0.25, 0.3) is 0 Å². The molecule has 3 aliphatic rings. The van der Waals surface area contributed by atoms with Gasteiger partial charge in [-0.15, -0.1) is 0 Å². The van der Waals surface area contributed by atoms with Crippen LogP contribution >= 0.6 is 0 Å². The lowest BCUT2D eigenvalue weighted by atomic mass is 9.82. The SMILES string of the molecule is CC(C)(C)OC(=O)Nc1ccccc1.COc1ccccc1C(=O)C[N+]12CCC(CC1)[C@@H](OC(C)=O)C2.[Br-]. The Morgan fingerprint density at radius 3 is 2.16 bits per heavy atom. The number of esters is 1. The lowest BCUT2D eigenvalue weighted by molar-refractivity contribution is -0.938. The van der Waals surface area contributed by atoms with E-state index in [1.165, 1.54) is 6.92 Å². The van der Waals surface area contributed by atoms with Gasteiger partial charge in [0, 0.05) is 31.4 Å². The predicted octanol–water partition coefficient (Wildman–Crippen LogP) is 2.09. The third-order valence-electron chi connectivity index (χ3n) is 6.66. The quantitative estimate of drug-likeness (QED) is 0.315. The summed E-state index contributed by atoms with van der Waals surface area (Å²) < 4.78 is 16.6. The Morgan fingerprint density at radius 1 is 0.974 bits per heavy atom. The van der Waals surface area contributed by atoms with Gasteiger partial charge in [0.1, 0.15) is 24.4 Å². The van der Waals surface area contributed by atoms with Crippen molar-refractivity contribution in [1.29, 1.82) is 0 Å². The zero-order valence-electron chi connectivity index (χ0n) is 22.9. The van der Waals surface area contributed by atoms with Crippen molar-refractivity contribution in [3.05, 3.63) is 60.2 Å². The number of para-hydroxylation sites is 2. The topological polar surface area (TPSA) is 90.9 Å². The van der Waals surface area contributed by atoms with Gasteiger partial charge in [0.2, 0.25) is 5.78 Å². The van der Waals surface area contributed by atoms with E-state index >= 15 is 0 Å². The molecule has 3 aliphatic heterocycles. The molecule has 0 unspecified atom stereocenters. The van der Waals surface area contributed by atoms with E-state index in [4.69, 9.17) is 14.2 Å². The Balaban J connectivity index is 0.000000292. The van der Waals surface area contributed by atoms with Gasteiger partial charge in [-0.2, -0.15) is 0 Å². The number of ketones is 1. The number of amides is 1. The van der Waals surface area contributed by atoms with E-state index in [1.807, 2.05) is 75.4 Å². The summed E-state index contributed by atoms with van der Waals surface area (Å²) in [5.41, 5.74) is 0.916. The number of carbonyl (C=O) groups excluding carboxylic acids is 3. The molecule has 3 heterocycles. The molecule has 5 rings (SSSR count). The van der Waals surface area contributed by atoms with Crippen LogP contribution in [0.2, 0.25) is 0 Å². The van der Waals surface area contributed by atoms with E-state index < -0.39 is 11.7 Å². The van der Waals surface area contributed by atoms with Gasteiger partial charge in [-0.25, -0.2) is 4.79 Å². The fraction of sp³-hybridized carbons (Fsp3) is 0.483. The average Bonchev–Trinajstić information content (AvgIpc) is 2.84. The fourth-order valence-corrected chi connectivity index (χ4v) is 5.00. The molecule has 1 amide bonds. The summed E-state index contributed by atoms with van der Waals surface area (Å²) in [4.78, 5) is 35.4. The molecule has 0 aliphatic carbocycles. The first-order chi connectivity index (χ1) is 17.5. The van der Waals surface area contributed by atoms with Crippen LogP contribution in [0.3, 0.4) is 0 Å². The number of hydrogen-bond donors (Lipinski definition) is 1. The molecular weight excluding hydrogens is 552 g/mol. The fourth-order valence-electron chi connectivity index (χ4n) is 5.00. The second kappa shape index (κ2) is 13.8. The van der Waals surface area contributed by atoms with Crippen LogP contribution in [0, 0.1) is 5.92 Å². The molecule has 208 valence electrons. The number of nitrogens with zero attached hydrogens (tertiary/aromatic N) is 1. The Hall–Kier alpha value is -2.91. The molecule has 38 heavy (non-hydrogen) atoms. The largest absolute Gasteiger partial charge is 1.00 e. The molecule has 3 saturated heterocycles. The van der Waals surface area contributed by atoms with Crippen molar-refractivity contribution in [2.45, 2.75) is 52.2 Å². The summed E-state index contributed by atoms with van der Waals surface area (Å²) in [6.45, 7) is 10.1. The van der Waals surface area contributed by atoms with Crippen LogP contribution in [0.4, 0.5) is 10.5 Å². The minimum absolute atomic E-state index is 0. The molecular formula is C29H39BrN2O6. The number of hydrogen-bond acceptors (Lipinski definition) is 6. The predicted molar refractivity (Wildman–Crippen MR) is 142 cm³/mol. The number of rotatable bonds is 6. The van der Waals surface area contributed by atoms with Gasteiger partial charge >= 0.3 is 12.1 Å². The number of nitrogens with one attached hydrogen (secondary N) is 1. The highest BCUT2D eigenvalue weighted by Crippen LogP contribution is 2.36. The van der Waals surface area contributed by atoms with Gasteiger partial charge < -0.3 is 35.7 Å². The first-order valence-electron chi connectivity index (χ1n) is 12.7. The number of benzene rings is 2. The highest BCUT2D eigenvalue weighted by Gasteiger charge is 2.48. The van der Waals surface area contributed by atoms with Gasteiger partial charge in [-0.05, 0) is 45.0 Å². The van der Waals surface area contributed by atoms with Crippen molar-refractivity contribution in [3.63, 3.8) is 0 Å². The van der Waals surface area contributed by atoms with Crippen molar-refractivity contribution in [2.24, 2.45) is 5.92 Å². The van der Waals surface area contributed by atoms with Gasteiger partial charge in [0.05, 0.1) is 25.8 Å². The van der Waals surface area contributed by atoms with Crippen molar-refractivity contribution in [1.82, 2.24) is 0 Å². The highest BCUT2D eigenvalue weighted by atomic mass is 79.9. The minimum Gasteiger partial charge on any atom is -1.00 e. The second-order valence-corrected chi connectivity index (χ2v) is 10.7. The Morgan fingerprint density at radius 2 is 1.58 bits per heavy atom. The second-order valence-electron chi connectivity index (χ2n) is 10.7. The van der Waals surface area contributed by atoms with E-state index in [0.717, 1.165) is 42.6 Å². The average molecular weight is 592 g/mol. The number of carbonyl (C=O) groups is 3. The van der Waals surface area contributed by atoms with Crippen LogP contribution in [0.15, 0.2) is 54.6 Å². The number of methoxy groups -OCH3 is 1. The highest BCUT2D eigenvalue weighted by molar-refractivity contribution is 5.99. The summed E-state index contributed by atoms with van der Waals surface area (Å²) >= 11 is 0.